The molecule has 0 bridgehead atoms. The Bertz CT molecular complexity index is 1050. The molecule has 5 rings (SSSR count). The van der Waals surface area contributed by atoms with E-state index in [-0.39, 0.29) is 64.9 Å². The zero-order chi connectivity index (χ0) is 28.5. The van der Waals surface area contributed by atoms with Crippen molar-refractivity contribution in [3.05, 3.63) is 24.3 Å². The zero-order valence-corrected chi connectivity index (χ0v) is 26.3. The van der Waals surface area contributed by atoms with Gasteiger partial charge in [0.1, 0.15) is 6.10 Å². The lowest BCUT2D eigenvalue weighted by atomic mass is 9.33. The molecule has 1 heterocycles. The average Bonchev–Trinajstić information content (AvgIpc) is 3.22. The van der Waals surface area contributed by atoms with E-state index in [1.54, 1.807) is 0 Å². The largest absolute Gasteiger partial charge is 0.465 e. The number of esters is 2. The van der Waals surface area contributed by atoms with Crippen LogP contribution < -0.4 is 0 Å². The number of aliphatic hydroxyl groups is 1. The molecular weight excluding hydrogens is 556 g/mol. The molecular formula is C33H49BrO5. The van der Waals surface area contributed by atoms with Crippen LogP contribution in [0.1, 0.15) is 92.4 Å². The monoisotopic (exact) mass is 604 g/mol. The molecule has 0 amide bonds. The van der Waals surface area contributed by atoms with Gasteiger partial charge in [-0.2, -0.15) is 0 Å². The maximum Gasteiger partial charge on any atom is 0.312 e. The van der Waals surface area contributed by atoms with Crippen LogP contribution in [0.3, 0.4) is 0 Å². The fourth-order valence-corrected chi connectivity index (χ4v) is 11.3. The van der Waals surface area contributed by atoms with Gasteiger partial charge in [0.2, 0.25) is 0 Å². The highest BCUT2D eigenvalue weighted by Gasteiger charge is 2.74. The third-order valence-electron chi connectivity index (χ3n) is 13.0. The van der Waals surface area contributed by atoms with Gasteiger partial charge in [0, 0.05) is 16.7 Å². The summed E-state index contributed by atoms with van der Waals surface area (Å²) in [5, 5.41) is 12.5. The highest BCUT2D eigenvalue weighted by atomic mass is 79.9. The van der Waals surface area contributed by atoms with Gasteiger partial charge in [-0.1, -0.05) is 61.0 Å². The fraction of sp³-hybridized carbons (Fsp3) is 0.818. The molecule has 6 heteroatoms. The summed E-state index contributed by atoms with van der Waals surface area (Å²) in [5.41, 5.74) is 1.03. The Morgan fingerprint density at radius 2 is 1.79 bits per heavy atom. The van der Waals surface area contributed by atoms with Gasteiger partial charge in [0.05, 0.1) is 24.5 Å². The number of carbonyl (C=O) groups excluding carboxylic acids is 2. The van der Waals surface area contributed by atoms with E-state index in [1.165, 1.54) is 0 Å². The predicted molar refractivity (Wildman–Crippen MR) is 156 cm³/mol. The number of ether oxygens (including phenoxy) is 2. The number of halogens is 1. The second-order valence-electron chi connectivity index (χ2n) is 14.6. The van der Waals surface area contributed by atoms with E-state index in [0.717, 1.165) is 67.8 Å². The second kappa shape index (κ2) is 10.00. The van der Waals surface area contributed by atoms with Gasteiger partial charge >= 0.3 is 11.9 Å². The van der Waals surface area contributed by atoms with Crippen molar-refractivity contribution in [3.8, 4) is 0 Å². The van der Waals surface area contributed by atoms with Gasteiger partial charge in [-0.05, 0) is 99.7 Å². The minimum atomic E-state index is -0.761. The fourth-order valence-electron chi connectivity index (χ4n) is 11.1. The van der Waals surface area contributed by atoms with Crippen LogP contribution in [0.2, 0.25) is 0 Å². The maximum absolute atomic E-state index is 13.9. The number of allylic oxidation sites excluding steroid dienone is 2. The van der Waals surface area contributed by atoms with E-state index in [0.29, 0.717) is 6.61 Å². The van der Waals surface area contributed by atoms with Crippen molar-refractivity contribution in [2.45, 2.75) is 105 Å². The normalized spacial score (nSPS) is 48.6. The number of fused-ring (bicyclic) bond motifs is 4. The standard InChI is InChI=1S/C33H49BrO5/c1-19(2)21-9-12-33(29(37)38-16-8-15-34)14-13-30(5)23(27(21)33)17-24-28-31(30,6)11-10-22(20(3)4)32(28,7)25(35)18-26(36)39-24/h21-25,27-28,35H,1,3,8-18H2,2,4-7H3/t21-,22-,23+,24+,25+,27+,28-,30+,31+,32+,33-/m0/s1. The second-order valence-corrected chi connectivity index (χ2v) is 15.4. The van der Waals surface area contributed by atoms with Crippen molar-refractivity contribution in [2.75, 3.05) is 11.9 Å². The van der Waals surface area contributed by atoms with Crippen molar-refractivity contribution in [1.29, 1.82) is 0 Å². The number of aliphatic hydroxyl groups excluding tert-OH is 1. The Balaban J connectivity index is 1.63. The van der Waals surface area contributed by atoms with E-state index in [1.807, 2.05) is 0 Å². The van der Waals surface area contributed by atoms with Gasteiger partial charge in [0.25, 0.3) is 0 Å². The summed E-state index contributed by atoms with van der Waals surface area (Å²) in [6.07, 6.45) is 6.07. The Morgan fingerprint density at radius 3 is 2.44 bits per heavy atom. The number of carbonyl (C=O) groups is 2. The van der Waals surface area contributed by atoms with Crippen LogP contribution in [-0.2, 0) is 19.1 Å². The smallest absolute Gasteiger partial charge is 0.312 e. The van der Waals surface area contributed by atoms with E-state index >= 15 is 0 Å². The first-order valence-electron chi connectivity index (χ1n) is 15.2. The van der Waals surface area contributed by atoms with Crippen LogP contribution in [0.5, 0.6) is 0 Å². The van der Waals surface area contributed by atoms with Crippen LogP contribution in [0.4, 0.5) is 0 Å². The molecule has 11 atom stereocenters. The molecule has 1 aliphatic heterocycles. The molecule has 1 saturated heterocycles. The average molecular weight is 606 g/mol. The first-order valence-corrected chi connectivity index (χ1v) is 16.3. The molecule has 0 aromatic rings. The molecule has 0 unspecified atom stereocenters. The van der Waals surface area contributed by atoms with Crippen LogP contribution in [0, 0.1) is 51.2 Å². The molecule has 0 radical (unpaired) electrons. The topological polar surface area (TPSA) is 72.8 Å². The molecule has 1 N–H and O–H groups in total. The summed E-state index contributed by atoms with van der Waals surface area (Å²) in [4.78, 5) is 27.0. The van der Waals surface area contributed by atoms with Crippen LogP contribution >= 0.6 is 15.9 Å². The lowest BCUT2D eigenvalue weighted by Crippen LogP contribution is -2.69. The summed E-state index contributed by atoms with van der Waals surface area (Å²) in [5.74, 6) is 0.433. The maximum atomic E-state index is 13.9. The third kappa shape index (κ3) is 4.00. The van der Waals surface area contributed by atoms with Crippen molar-refractivity contribution >= 4 is 27.9 Å². The lowest BCUT2D eigenvalue weighted by molar-refractivity contribution is -0.260. The summed E-state index contributed by atoms with van der Waals surface area (Å²) in [7, 11) is 0. The van der Waals surface area contributed by atoms with Crippen molar-refractivity contribution in [3.63, 3.8) is 0 Å². The van der Waals surface area contributed by atoms with Crippen LogP contribution in [-0.4, -0.2) is 41.2 Å². The van der Waals surface area contributed by atoms with Crippen LogP contribution in [0.15, 0.2) is 24.3 Å². The quantitative estimate of drug-likeness (QED) is 0.153. The lowest BCUT2D eigenvalue weighted by Gasteiger charge is -2.71. The molecule has 0 spiro atoms. The highest BCUT2D eigenvalue weighted by molar-refractivity contribution is 9.09. The molecule has 218 valence electrons. The van der Waals surface area contributed by atoms with E-state index in [9.17, 15) is 14.7 Å². The molecule has 0 aromatic heterocycles. The Labute approximate surface area is 243 Å². The number of hydrogen-bond donors (Lipinski definition) is 1. The van der Waals surface area contributed by atoms with Crippen molar-refractivity contribution < 1.29 is 24.2 Å². The number of rotatable bonds is 6. The summed E-state index contributed by atoms with van der Waals surface area (Å²) < 4.78 is 12.3. The van der Waals surface area contributed by atoms with Gasteiger partial charge in [-0.15, -0.1) is 0 Å². The van der Waals surface area contributed by atoms with Gasteiger partial charge in [-0.25, -0.2) is 0 Å². The Hall–Kier alpha value is -1.14. The first kappa shape index (κ1) is 29.4. The van der Waals surface area contributed by atoms with E-state index < -0.39 is 16.9 Å². The van der Waals surface area contributed by atoms with Gasteiger partial charge in [-0.3, -0.25) is 9.59 Å². The predicted octanol–water partition coefficient (Wildman–Crippen LogP) is 7.01. The summed E-state index contributed by atoms with van der Waals surface area (Å²) >= 11 is 3.46. The van der Waals surface area contributed by atoms with E-state index in [4.69, 9.17) is 9.47 Å². The molecule has 4 saturated carbocycles. The van der Waals surface area contributed by atoms with Gasteiger partial charge < -0.3 is 14.6 Å². The first-order chi connectivity index (χ1) is 18.3. The SMILES string of the molecule is C=C(C)[C@@H]1CC[C@]2(C(=O)OCCCBr)CC[C@]3(C)[C@H](C[C@H]4OC(=O)C[C@@H](O)[C@]5(C)[C@@H]4[C@@]3(C)CC[C@H]5C(=C)C)[C@@H]12. The van der Waals surface area contributed by atoms with Crippen LogP contribution in [0.25, 0.3) is 0 Å². The number of alkyl halides is 1. The highest BCUT2D eigenvalue weighted by Crippen LogP contribution is 2.77. The molecule has 5 nitrogen and oxygen atoms in total. The molecule has 4 aliphatic carbocycles. The molecule has 39 heavy (non-hydrogen) atoms. The third-order valence-corrected chi connectivity index (χ3v) is 13.6. The van der Waals surface area contributed by atoms with Crippen molar-refractivity contribution in [2.24, 2.45) is 51.2 Å². The molecule has 0 aromatic carbocycles. The zero-order valence-electron chi connectivity index (χ0n) is 24.7. The molecule has 5 fully saturated rings. The Kier molecular flexibility index (Phi) is 7.52. The van der Waals surface area contributed by atoms with Gasteiger partial charge in [0.15, 0.2) is 0 Å². The molecule has 5 aliphatic rings. The van der Waals surface area contributed by atoms with Crippen molar-refractivity contribution in [1.82, 2.24) is 0 Å². The summed E-state index contributed by atoms with van der Waals surface area (Å²) in [6, 6.07) is 0. The number of hydrogen-bond acceptors (Lipinski definition) is 5. The minimum Gasteiger partial charge on any atom is -0.465 e. The Morgan fingerprint density at radius 1 is 1.08 bits per heavy atom. The van der Waals surface area contributed by atoms with E-state index in [2.05, 4.69) is 63.7 Å². The summed E-state index contributed by atoms with van der Waals surface area (Å²) in [6.45, 7) is 20.5. The minimum absolute atomic E-state index is 0.0318.